The molecule has 0 amide bonds. The molecule has 1 aromatic rings. The molecule has 4 nitrogen and oxygen atoms in total. The summed E-state index contributed by atoms with van der Waals surface area (Å²) in [6.07, 6.45) is 4.79. The minimum Gasteiger partial charge on any atom is -0.299 e. The third-order valence-corrected chi connectivity index (χ3v) is 7.06. The maximum Gasteiger partial charge on any atom is 0.250 e. The minimum atomic E-state index is -3.37. The van der Waals surface area contributed by atoms with Crippen LogP contribution in [0, 0.1) is 12.8 Å². The highest BCUT2D eigenvalue weighted by Crippen LogP contribution is 2.21. The van der Waals surface area contributed by atoms with Crippen molar-refractivity contribution in [3.63, 3.8) is 0 Å². The standard InChI is InChI=1S/C16H28N2O2S2/c1-13(2)11-15(18-9-5-4-6-10-18)12-17-22(19,20)16-8-7-14(3)21-16/h7-8,13,15,17H,4-6,9-12H2,1-3H3. The second kappa shape index (κ2) is 7.90. The Balaban J connectivity index is 2.00. The molecule has 0 aliphatic carbocycles. The number of likely N-dealkylation sites (tertiary alicyclic amines) is 1. The third-order valence-electron chi connectivity index (χ3n) is 4.14. The normalized spacial score (nSPS) is 18.7. The second-order valence-electron chi connectivity index (χ2n) is 6.60. The largest absolute Gasteiger partial charge is 0.299 e. The summed E-state index contributed by atoms with van der Waals surface area (Å²) in [5, 5.41) is 0. The highest BCUT2D eigenvalue weighted by Gasteiger charge is 2.24. The molecule has 0 radical (unpaired) electrons. The molecule has 1 atom stereocenters. The Kier molecular flexibility index (Phi) is 6.44. The summed E-state index contributed by atoms with van der Waals surface area (Å²) >= 11 is 1.33. The van der Waals surface area contributed by atoms with Gasteiger partial charge in [0.1, 0.15) is 4.21 Å². The Bertz CT molecular complexity index is 560. The molecule has 1 saturated heterocycles. The summed E-state index contributed by atoms with van der Waals surface area (Å²) in [5.74, 6) is 0.570. The number of hydrogen-bond donors (Lipinski definition) is 1. The van der Waals surface area contributed by atoms with Crippen molar-refractivity contribution in [2.24, 2.45) is 5.92 Å². The zero-order valence-corrected chi connectivity index (χ0v) is 15.5. The number of nitrogens with zero attached hydrogens (tertiary/aromatic N) is 1. The van der Waals surface area contributed by atoms with Crippen LogP contribution in [0.3, 0.4) is 0 Å². The SMILES string of the molecule is Cc1ccc(S(=O)(=O)NCC(CC(C)C)N2CCCCC2)s1. The van der Waals surface area contributed by atoms with E-state index in [4.69, 9.17) is 0 Å². The third kappa shape index (κ3) is 5.05. The lowest BCUT2D eigenvalue weighted by Crippen LogP contribution is -2.46. The molecule has 2 rings (SSSR count). The van der Waals surface area contributed by atoms with Crippen LogP contribution in [0.25, 0.3) is 0 Å². The van der Waals surface area contributed by atoms with Crippen LogP contribution in [-0.4, -0.2) is 39.0 Å². The summed E-state index contributed by atoms with van der Waals surface area (Å²) in [7, 11) is -3.37. The fourth-order valence-corrected chi connectivity index (χ4v) is 5.42. The molecule has 0 spiro atoms. The first-order valence-corrected chi connectivity index (χ1v) is 10.5. The lowest BCUT2D eigenvalue weighted by Gasteiger charge is -2.35. The van der Waals surface area contributed by atoms with Gasteiger partial charge in [0.15, 0.2) is 0 Å². The summed E-state index contributed by atoms with van der Waals surface area (Å²) in [5.41, 5.74) is 0. The summed E-state index contributed by atoms with van der Waals surface area (Å²) in [6.45, 7) is 9.03. The number of thiophene rings is 1. The van der Waals surface area contributed by atoms with E-state index in [0.29, 0.717) is 22.7 Å². The molecule has 126 valence electrons. The first-order chi connectivity index (χ1) is 10.4. The first kappa shape index (κ1) is 17.9. The predicted molar refractivity (Wildman–Crippen MR) is 92.9 cm³/mol. The molecule has 1 fully saturated rings. The molecule has 6 heteroatoms. The average molecular weight is 345 g/mol. The lowest BCUT2D eigenvalue weighted by molar-refractivity contribution is 0.146. The van der Waals surface area contributed by atoms with Crippen LogP contribution < -0.4 is 4.72 Å². The van der Waals surface area contributed by atoms with Crippen LogP contribution in [-0.2, 0) is 10.0 Å². The number of sulfonamides is 1. The van der Waals surface area contributed by atoms with Crippen molar-refractivity contribution in [2.45, 2.75) is 56.7 Å². The molecule has 1 aromatic heterocycles. The predicted octanol–water partition coefficient (Wildman–Crippen LogP) is 3.24. The van der Waals surface area contributed by atoms with Crippen molar-refractivity contribution in [1.82, 2.24) is 9.62 Å². The Hall–Kier alpha value is -0.430. The van der Waals surface area contributed by atoms with E-state index >= 15 is 0 Å². The van der Waals surface area contributed by atoms with E-state index in [1.165, 1.54) is 30.6 Å². The van der Waals surface area contributed by atoms with E-state index in [-0.39, 0.29) is 0 Å². The van der Waals surface area contributed by atoms with Gasteiger partial charge < -0.3 is 0 Å². The summed E-state index contributed by atoms with van der Waals surface area (Å²) < 4.78 is 28.1. The van der Waals surface area contributed by atoms with Gasteiger partial charge in [0.05, 0.1) is 0 Å². The second-order valence-corrected chi connectivity index (χ2v) is 9.88. The van der Waals surface area contributed by atoms with Crippen molar-refractivity contribution in [3.8, 4) is 0 Å². The molecule has 0 bridgehead atoms. The van der Waals surface area contributed by atoms with E-state index in [0.717, 1.165) is 24.4 Å². The number of piperidine rings is 1. The van der Waals surface area contributed by atoms with Crippen molar-refractivity contribution in [3.05, 3.63) is 17.0 Å². The molecule has 1 unspecified atom stereocenters. The van der Waals surface area contributed by atoms with Gasteiger partial charge in [-0.1, -0.05) is 20.3 Å². The number of rotatable bonds is 7. The van der Waals surface area contributed by atoms with E-state index < -0.39 is 10.0 Å². The van der Waals surface area contributed by atoms with Gasteiger partial charge in [-0.05, 0) is 57.3 Å². The Morgan fingerprint density at radius 2 is 1.91 bits per heavy atom. The van der Waals surface area contributed by atoms with Crippen LogP contribution in [0.4, 0.5) is 0 Å². The molecule has 0 aromatic carbocycles. The van der Waals surface area contributed by atoms with Crippen LogP contribution >= 0.6 is 11.3 Å². The van der Waals surface area contributed by atoms with Crippen LogP contribution in [0.5, 0.6) is 0 Å². The van der Waals surface area contributed by atoms with Crippen LogP contribution in [0.15, 0.2) is 16.3 Å². The number of aryl methyl sites for hydroxylation is 1. The maximum atomic E-state index is 12.4. The summed E-state index contributed by atoms with van der Waals surface area (Å²) in [4.78, 5) is 3.49. The summed E-state index contributed by atoms with van der Waals surface area (Å²) in [6, 6.07) is 3.85. The molecule has 22 heavy (non-hydrogen) atoms. The van der Waals surface area contributed by atoms with Crippen molar-refractivity contribution >= 4 is 21.4 Å². The molecule has 0 saturated carbocycles. The molecular formula is C16H28N2O2S2. The van der Waals surface area contributed by atoms with Gasteiger partial charge in [-0.15, -0.1) is 11.3 Å². The maximum absolute atomic E-state index is 12.4. The zero-order chi connectivity index (χ0) is 16.2. The highest BCUT2D eigenvalue weighted by molar-refractivity contribution is 7.91. The molecule has 2 heterocycles. The van der Waals surface area contributed by atoms with E-state index in [1.807, 2.05) is 13.0 Å². The van der Waals surface area contributed by atoms with Gasteiger partial charge in [-0.2, -0.15) is 0 Å². The fourth-order valence-electron chi connectivity index (χ4n) is 3.02. The molecular weight excluding hydrogens is 316 g/mol. The Morgan fingerprint density at radius 1 is 1.23 bits per heavy atom. The van der Waals surface area contributed by atoms with Crippen LogP contribution in [0.1, 0.15) is 44.4 Å². The number of nitrogens with one attached hydrogen (secondary N) is 1. The topological polar surface area (TPSA) is 49.4 Å². The van der Waals surface area contributed by atoms with Crippen molar-refractivity contribution < 1.29 is 8.42 Å². The van der Waals surface area contributed by atoms with Gasteiger partial charge in [0.2, 0.25) is 10.0 Å². The van der Waals surface area contributed by atoms with E-state index in [9.17, 15) is 8.42 Å². The number of hydrogen-bond acceptors (Lipinski definition) is 4. The van der Waals surface area contributed by atoms with Crippen molar-refractivity contribution in [2.75, 3.05) is 19.6 Å². The molecule has 1 aliphatic rings. The van der Waals surface area contributed by atoms with E-state index in [1.54, 1.807) is 6.07 Å². The fraction of sp³-hybridized carbons (Fsp3) is 0.750. The van der Waals surface area contributed by atoms with E-state index in [2.05, 4.69) is 23.5 Å². The van der Waals surface area contributed by atoms with Gasteiger partial charge in [-0.25, -0.2) is 13.1 Å². The van der Waals surface area contributed by atoms with Gasteiger partial charge in [0, 0.05) is 17.5 Å². The molecule has 1 aliphatic heterocycles. The zero-order valence-electron chi connectivity index (χ0n) is 13.8. The first-order valence-electron chi connectivity index (χ1n) is 8.18. The average Bonchev–Trinajstić information content (AvgIpc) is 2.91. The van der Waals surface area contributed by atoms with Gasteiger partial charge in [-0.3, -0.25) is 4.90 Å². The Labute approximate surface area is 139 Å². The smallest absolute Gasteiger partial charge is 0.250 e. The highest BCUT2D eigenvalue weighted by atomic mass is 32.2. The monoisotopic (exact) mass is 344 g/mol. The molecule has 1 N–H and O–H groups in total. The lowest BCUT2D eigenvalue weighted by atomic mass is 10.00. The van der Waals surface area contributed by atoms with Gasteiger partial charge >= 0.3 is 0 Å². The van der Waals surface area contributed by atoms with Gasteiger partial charge in [0.25, 0.3) is 0 Å². The quantitative estimate of drug-likeness (QED) is 0.826. The minimum absolute atomic E-state index is 0.302. The Morgan fingerprint density at radius 3 is 2.45 bits per heavy atom. The van der Waals surface area contributed by atoms with Crippen LogP contribution in [0.2, 0.25) is 0 Å². The van der Waals surface area contributed by atoms with Crippen molar-refractivity contribution in [1.29, 1.82) is 0 Å².